The van der Waals surface area contributed by atoms with Crippen LogP contribution < -0.4 is 10.0 Å². The molecule has 0 saturated carbocycles. The van der Waals surface area contributed by atoms with Crippen LogP contribution in [0, 0.1) is 0 Å². The highest BCUT2D eigenvalue weighted by molar-refractivity contribution is 7.82. The fourth-order valence-electron chi connectivity index (χ4n) is 1.13. The lowest BCUT2D eigenvalue weighted by Gasteiger charge is -2.22. The summed E-state index contributed by atoms with van der Waals surface area (Å²) in [7, 11) is 0. The standard InChI is InChI=1S/C13H19ClNO5P/c1-10(15-20-13(2,3)4)12(16)19-21(14,17)18-11-8-6-5-7-9-11/h5-10,15H,1-4H3/t10-,21?/m0/s1. The van der Waals surface area contributed by atoms with Gasteiger partial charge in [0.2, 0.25) is 0 Å². The lowest BCUT2D eigenvalue weighted by atomic mass is 10.2. The van der Waals surface area contributed by atoms with Crippen LogP contribution in [-0.2, 0) is 18.7 Å². The zero-order valence-electron chi connectivity index (χ0n) is 12.3. The number of para-hydroxylation sites is 1. The molecule has 0 bridgehead atoms. The molecule has 0 aliphatic heterocycles. The summed E-state index contributed by atoms with van der Waals surface area (Å²) >= 11 is 5.62. The minimum absolute atomic E-state index is 0.246. The number of hydroxylamine groups is 1. The Hall–Kier alpha value is -1.07. The molecule has 1 N–H and O–H groups in total. The normalized spacial score (nSPS) is 15.9. The van der Waals surface area contributed by atoms with E-state index in [1.807, 2.05) is 20.8 Å². The maximum Gasteiger partial charge on any atom is 0.532 e. The quantitative estimate of drug-likeness (QED) is 0.631. The Bertz CT molecular complexity index is 517. The lowest BCUT2D eigenvalue weighted by molar-refractivity contribution is -0.146. The molecule has 6 nitrogen and oxygen atoms in total. The van der Waals surface area contributed by atoms with Crippen molar-refractivity contribution >= 4 is 24.2 Å². The molecule has 0 fully saturated rings. The second-order valence-electron chi connectivity index (χ2n) is 5.30. The van der Waals surface area contributed by atoms with Gasteiger partial charge in [-0.2, -0.15) is 5.48 Å². The van der Waals surface area contributed by atoms with Crippen LogP contribution in [0.15, 0.2) is 30.3 Å². The Balaban J connectivity index is 2.54. The topological polar surface area (TPSA) is 73.9 Å². The summed E-state index contributed by atoms with van der Waals surface area (Å²) in [4.78, 5) is 17.0. The fraction of sp³-hybridized carbons (Fsp3) is 0.462. The molecular formula is C13H19ClNO5P. The molecule has 0 aliphatic rings. The first kappa shape index (κ1) is 18.0. The summed E-state index contributed by atoms with van der Waals surface area (Å²) in [5.41, 5.74) is 2.01. The van der Waals surface area contributed by atoms with Crippen molar-refractivity contribution in [2.45, 2.75) is 39.3 Å². The molecule has 1 unspecified atom stereocenters. The third-order valence-corrected chi connectivity index (χ3v) is 3.29. The molecule has 0 spiro atoms. The SMILES string of the molecule is C[C@H](NOC(C)(C)C)C(=O)OP(=O)(Cl)Oc1ccccc1. The van der Waals surface area contributed by atoms with Crippen LogP contribution in [0.1, 0.15) is 27.7 Å². The molecule has 0 saturated heterocycles. The van der Waals surface area contributed by atoms with Gasteiger partial charge in [0, 0.05) is 11.2 Å². The van der Waals surface area contributed by atoms with Gasteiger partial charge in [0.15, 0.2) is 0 Å². The van der Waals surface area contributed by atoms with Crippen LogP contribution in [0.3, 0.4) is 0 Å². The van der Waals surface area contributed by atoms with Gasteiger partial charge in [-0.3, -0.25) is 4.84 Å². The van der Waals surface area contributed by atoms with Gasteiger partial charge >= 0.3 is 12.9 Å². The Morgan fingerprint density at radius 1 is 1.29 bits per heavy atom. The first-order valence-electron chi connectivity index (χ1n) is 6.30. The fourth-order valence-corrected chi connectivity index (χ4v) is 2.35. The molecule has 2 atom stereocenters. The Morgan fingerprint density at radius 2 is 1.86 bits per heavy atom. The van der Waals surface area contributed by atoms with Crippen LogP contribution in [-0.4, -0.2) is 17.6 Å². The van der Waals surface area contributed by atoms with Crippen molar-refractivity contribution in [3.8, 4) is 5.75 Å². The first-order chi connectivity index (χ1) is 9.59. The largest absolute Gasteiger partial charge is 0.532 e. The summed E-state index contributed by atoms with van der Waals surface area (Å²) in [6, 6.07) is 7.36. The van der Waals surface area contributed by atoms with Crippen LogP contribution in [0.2, 0.25) is 0 Å². The summed E-state index contributed by atoms with van der Waals surface area (Å²) in [6.45, 7) is 2.86. The van der Waals surface area contributed by atoms with E-state index < -0.39 is 24.6 Å². The van der Waals surface area contributed by atoms with Crippen molar-refractivity contribution in [3.05, 3.63) is 30.3 Å². The van der Waals surface area contributed by atoms with E-state index in [0.717, 1.165) is 0 Å². The molecule has 8 heteroatoms. The van der Waals surface area contributed by atoms with Gasteiger partial charge in [-0.25, -0.2) is 9.36 Å². The molecule has 0 aromatic heterocycles. The highest BCUT2D eigenvalue weighted by atomic mass is 35.7. The van der Waals surface area contributed by atoms with Crippen molar-refractivity contribution in [3.63, 3.8) is 0 Å². The Labute approximate surface area is 129 Å². The number of halogens is 1. The Kier molecular flexibility index (Phi) is 6.23. The number of carbonyl (C=O) groups is 1. The summed E-state index contributed by atoms with van der Waals surface area (Å²) in [5, 5.41) is 0. The van der Waals surface area contributed by atoms with Gasteiger partial charge in [-0.15, -0.1) is 0 Å². The number of carbonyl (C=O) groups excluding carboxylic acids is 1. The van der Waals surface area contributed by atoms with E-state index in [-0.39, 0.29) is 5.75 Å². The number of hydrogen-bond acceptors (Lipinski definition) is 6. The van der Waals surface area contributed by atoms with E-state index in [9.17, 15) is 9.36 Å². The summed E-state index contributed by atoms with van der Waals surface area (Å²) in [6.07, 6.45) is 0. The van der Waals surface area contributed by atoms with E-state index in [1.54, 1.807) is 30.3 Å². The second kappa shape index (κ2) is 7.27. The minimum Gasteiger partial charge on any atom is -0.405 e. The van der Waals surface area contributed by atoms with E-state index in [0.29, 0.717) is 0 Å². The minimum atomic E-state index is -4.06. The predicted molar refractivity (Wildman–Crippen MR) is 80.1 cm³/mol. The average molecular weight is 336 g/mol. The van der Waals surface area contributed by atoms with E-state index >= 15 is 0 Å². The maximum atomic E-state index is 11.9. The van der Waals surface area contributed by atoms with Crippen molar-refractivity contribution in [2.24, 2.45) is 0 Å². The summed E-state index contributed by atoms with van der Waals surface area (Å²) < 4.78 is 21.6. The third kappa shape index (κ3) is 7.48. The molecule has 1 rings (SSSR count). The number of benzene rings is 1. The molecule has 21 heavy (non-hydrogen) atoms. The molecule has 1 aromatic rings. The van der Waals surface area contributed by atoms with E-state index in [1.165, 1.54) is 6.92 Å². The van der Waals surface area contributed by atoms with Crippen molar-refractivity contribution in [2.75, 3.05) is 0 Å². The van der Waals surface area contributed by atoms with Crippen LogP contribution in [0.4, 0.5) is 0 Å². The molecule has 0 heterocycles. The molecule has 0 amide bonds. The molecule has 1 aromatic carbocycles. The summed E-state index contributed by atoms with van der Waals surface area (Å²) in [5.74, 6) is -0.594. The zero-order chi connectivity index (χ0) is 16.1. The predicted octanol–water partition coefficient (Wildman–Crippen LogP) is 3.66. The highest BCUT2D eigenvalue weighted by Gasteiger charge is 2.31. The zero-order valence-corrected chi connectivity index (χ0v) is 14.0. The van der Waals surface area contributed by atoms with Gasteiger partial charge in [-0.05, 0) is 39.8 Å². The van der Waals surface area contributed by atoms with Crippen LogP contribution in [0.5, 0.6) is 5.75 Å². The molecular weight excluding hydrogens is 317 g/mol. The molecule has 0 aliphatic carbocycles. The number of nitrogens with one attached hydrogen (secondary N) is 1. The van der Waals surface area contributed by atoms with Crippen molar-refractivity contribution in [1.29, 1.82) is 0 Å². The number of rotatable bonds is 6. The Morgan fingerprint density at radius 3 is 2.38 bits per heavy atom. The smallest absolute Gasteiger partial charge is 0.405 e. The molecule has 0 radical (unpaired) electrons. The van der Waals surface area contributed by atoms with Crippen molar-refractivity contribution in [1.82, 2.24) is 5.48 Å². The first-order valence-corrected chi connectivity index (χ1v) is 8.75. The van der Waals surface area contributed by atoms with E-state index in [4.69, 9.17) is 20.6 Å². The third-order valence-electron chi connectivity index (χ3n) is 2.05. The number of hydrogen-bond donors (Lipinski definition) is 1. The molecule has 118 valence electrons. The second-order valence-corrected chi connectivity index (χ2v) is 7.77. The average Bonchev–Trinajstić information content (AvgIpc) is 2.35. The monoisotopic (exact) mass is 335 g/mol. The van der Waals surface area contributed by atoms with E-state index in [2.05, 4.69) is 10.0 Å². The van der Waals surface area contributed by atoms with Crippen LogP contribution in [0.25, 0.3) is 0 Å². The van der Waals surface area contributed by atoms with Gasteiger partial charge in [0.1, 0.15) is 11.8 Å². The maximum absolute atomic E-state index is 11.9. The lowest BCUT2D eigenvalue weighted by Crippen LogP contribution is -2.40. The van der Waals surface area contributed by atoms with Crippen molar-refractivity contribution < 1.29 is 23.2 Å². The van der Waals surface area contributed by atoms with Crippen LogP contribution >= 0.6 is 18.2 Å². The van der Waals surface area contributed by atoms with Gasteiger partial charge in [0.25, 0.3) is 0 Å². The van der Waals surface area contributed by atoms with Gasteiger partial charge in [0.05, 0.1) is 5.60 Å². The van der Waals surface area contributed by atoms with Gasteiger partial charge < -0.3 is 9.05 Å². The van der Waals surface area contributed by atoms with Gasteiger partial charge in [-0.1, -0.05) is 18.2 Å². The highest BCUT2D eigenvalue weighted by Crippen LogP contribution is 2.53.